The SMILES string of the molecule is CC1(C)c2ccccc2-c2ccc(-c3cc(-c4ccc(-c5c(-c6cccc7sc8ccccc8c67)cnc6ncccc56)cc4)nc(-c4ccccc4)n3)cc21. The summed E-state index contributed by atoms with van der Waals surface area (Å²) in [5, 5.41) is 3.55. The number of pyridine rings is 2. The molecule has 0 unspecified atom stereocenters. The lowest BCUT2D eigenvalue weighted by molar-refractivity contribution is 0.660. The molecule has 4 nitrogen and oxygen atoms in total. The van der Waals surface area contributed by atoms with Gasteiger partial charge >= 0.3 is 0 Å². The molecular weight excluding hydrogens is 701 g/mol. The molecule has 11 rings (SSSR count). The van der Waals surface area contributed by atoms with E-state index in [1.807, 2.05) is 48.0 Å². The minimum atomic E-state index is -0.108. The molecule has 0 amide bonds. The normalized spacial score (nSPS) is 13.0. The van der Waals surface area contributed by atoms with Gasteiger partial charge in [0, 0.05) is 71.2 Å². The second kappa shape index (κ2) is 12.6. The Morgan fingerprint density at radius 1 is 0.464 bits per heavy atom. The van der Waals surface area contributed by atoms with E-state index in [1.54, 1.807) is 0 Å². The lowest BCUT2D eigenvalue weighted by Crippen LogP contribution is -2.14. The third-order valence-corrected chi connectivity index (χ3v) is 12.6. The Labute approximate surface area is 328 Å². The zero-order valence-corrected chi connectivity index (χ0v) is 31.7. The summed E-state index contributed by atoms with van der Waals surface area (Å²) in [5.41, 5.74) is 15.2. The first kappa shape index (κ1) is 32.6. The molecule has 264 valence electrons. The van der Waals surface area contributed by atoms with Crippen LogP contribution in [0.5, 0.6) is 0 Å². The topological polar surface area (TPSA) is 51.6 Å². The molecule has 0 radical (unpaired) electrons. The maximum Gasteiger partial charge on any atom is 0.160 e. The first-order chi connectivity index (χ1) is 27.5. The number of rotatable bonds is 5. The largest absolute Gasteiger partial charge is 0.237 e. The van der Waals surface area contributed by atoms with Crippen molar-refractivity contribution >= 4 is 42.5 Å². The molecule has 0 fully saturated rings. The lowest BCUT2D eigenvalue weighted by Gasteiger charge is -2.22. The molecule has 0 saturated carbocycles. The van der Waals surface area contributed by atoms with Crippen LogP contribution in [0.25, 0.3) is 98.5 Å². The molecule has 10 aromatic rings. The van der Waals surface area contributed by atoms with Crippen molar-refractivity contribution in [1.82, 2.24) is 19.9 Å². The van der Waals surface area contributed by atoms with Crippen LogP contribution in [-0.4, -0.2) is 19.9 Å². The van der Waals surface area contributed by atoms with Gasteiger partial charge in [0.05, 0.1) is 11.4 Å². The molecule has 0 N–H and O–H groups in total. The third kappa shape index (κ3) is 5.12. The highest BCUT2D eigenvalue weighted by atomic mass is 32.1. The van der Waals surface area contributed by atoms with Crippen LogP contribution in [0.15, 0.2) is 170 Å². The van der Waals surface area contributed by atoms with E-state index in [9.17, 15) is 0 Å². The van der Waals surface area contributed by atoms with Crippen molar-refractivity contribution in [2.75, 3.05) is 0 Å². The predicted molar refractivity (Wildman–Crippen MR) is 233 cm³/mol. The minimum Gasteiger partial charge on any atom is -0.237 e. The van der Waals surface area contributed by atoms with Gasteiger partial charge in [-0.15, -0.1) is 11.3 Å². The van der Waals surface area contributed by atoms with E-state index >= 15 is 0 Å². The van der Waals surface area contributed by atoms with Crippen molar-refractivity contribution in [2.45, 2.75) is 19.3 Å². The van der Waals surface area contributed by atoms with Crippen LogP contribution in [0.3, 0.4) is 0 Å². The lowest BCUT2D eigenvalue weighted by atomic mass is 9.82. The Balaban J connectivity index is 1.06. The number of benzene rings is 6. The van der Waals surface area contributed by atoms with E-state index in [-0.39, 0.29) is 5.41 Å². The number of hydrogen-bond acceptors (Lipinski definition) is 5. The van der Waals surface area contributed by atoms with Crippen molar-refractivity contribution in [3.63, 3.8) is 0 Å². The number of fused-ring (bicyclic) bond motifs is 7. The van der Waals surface area contributed by atoms with Crippen molar-refractivity contribution in [3.05, 3.63) is 181 Å². The predicted octanol–water partition coefficient (Wildman–Crippen LogP) is 13.4. The van der Waals surface area contributed by atoms with Gasteiger partial charge in [-0.1, -0.05) is 135 Å². The number of aromatic nitrogens is 4. The van der Waals surface area contributed by atoms with Gasteiger partial charge in [0.2, 0.25) is 0 Å². The second-order valence-electron chi connectivity index (χ2n) is 15.0. The summed E-state index contributed by atoms with van der Waals surface area (Å²) in [5.74, 6) is 0.704. The molecule has 0 atom stereocenters. The molecule has 6 aromatic carbocycles. The van der Waals surface area contributed by atoms with Crippen LogP contribution in [0.4, 0.5) is 0 Å². The smallest absolute Gasteiger partial charge is 0.160 e. The molecule has 5 heteroatoms. The van der Waals surface area contributed by atoms with Crippen molar-refractivity contribution in [2.24, 2.45) is 0 Å². The average molecular weight is 735 g/mol. The zero-order chi connectivity index (χ0) is 37.4. The Bertz CT molecular complexity index is 3160. The standard InChI is InChI=1S/C51H34N4S/c1-51(2)41-18-8-6-14-35(41)36-26-25-34(28-42(36)51)44-29-43(54-49(55-44)33-12-4-3-5-13-33)31-21-23-32(24-22-31)47-39-17-11-27-52-50(39)53-30-40(47)37-16-10-20-46-48(37)38-15-7-9-19-45(38)56-46/h3-30H,1-2H3. The number of thiophene rings is 1. The summed E-state index contributed by atoms with van der Waals surface area (Å²) in [4.78, 5) is 19.9. The van der Waals surface area contributed by atoms with Gasteiger partial charge in [0.15, 0.2) is 11.5 Å². The van der Waals surface area contributed by atoms with Gasteiger partial charge in [-0.25, -0.2) is 19.9 Å². The molecular formula is C51H34N4S. The van der Waals surface area contributed by atoms with E-state index in [0.717, 1.165) is 55.8 Å². The van der Waals surface area contributed by atoms with Crippen LogP contribution < -0.4 is 0 Å². The second-order valence-corrected chi connectivity index (χ2v) is 16.1. The molecule has 56 heavy (non-hydrogen) atoms. The summed E-state index contributed by atoms with van der Waals surface area (Å²) in [6.07, 6.45) is 3.81. The van der Waals surface area contributed by atoms with Gasteiger partial charge in [-0.3, -0.25) is 0 Å². The van der Waals surface area contributed by atoms with Crippen LogP contribution >= 0.6 is 11.3 Å². The molecule has 0 aliphatic heterocycles. The molecule has 4 aromatic heterocycles. The van der Waals surface area contributed by atoms with Gasteiger partial charge in [0.25, 0.3) is 0 Å². The first-order valence-electron chi connectivity index (χ1n) is 19.0. The highest BCUT2D eigenvalue weighted by Crippen LogP contribution is 2.50. The van der Waals surface area contributed by atoms with Crippen LogP contribution in [0.1, 0.15) is 25.0 Å². The van der Waals surface area contributed by atoms with Crippen molar-refractivity contribution < 1.29 is 0 Å². The minimum absolute atomic E-state index is 0.108. The Morgan fingerprint density at radius 3 is 2.02 bits per heavy atom. The molecule has 0 bridgehead atoms. The fourth-order valence-corrected chi connectivity index (χ4v) is 9.81. The van der Waals surface area contributed by atoms with Gasteiger partial charge < -0.3 is 0 Å². The van der Waals surface area contributed by atoms with E-state index < -0.39 is 0 Å². The van der Waals surface area contributed by atoms with Crippen LogP contribution in [0.2, 0.25) is 0 Å². The molecule has 1 aliphatic rings. The summed E-state index contributed by atoms with van der Waals surface area (Å²) in [6.45, 7) is 4.64. The Hall–Kier alpha value is -6.82. The van der Waals surface area contributed by atoms with Crippen molar-refractivity contribution in [3.8, 4) is 67.3 Å². The summed E-state index contributed by atoms with van der Waals surface area (Å²) in [7, 11) is 0. The molecule has 0 saturated heterocycles. The first-order valence-corrected chi connectivity index (χ1v) is 19.8. The average Bonchev–Trinajstić information content (AvgIpc) is 3.75. The van der Waals surface area contributed by atoms with E-state index in [0.29, 0.717) is 5.82 Å². The third-order valence-electron chi connectivity index (χ3n) is 11.4. The number of nitrogens with zero attached hydrogens (tertiary/aromatic N) is 4. The maximum atomic E-state index is 5.18. The van der Waals surface area contributed by atoms with Crippen LogP contribution in [-0.2, 0) is 5.41 Å². The fourth-order valence-electron chi connectivity index (χ4n) is 8.68. The highest BCUT2D eigenvalue weighted by molar-refractivity contribution is 7.25. The van der Waals surface area contributed by atoms with Gasteiger partial charge in [-0.05, 0) is 69.8 Å². The fraction of sp³-hybridized carbons (Fsp3) is 0.0588. The molecule has 1 aliphatic carbocycles. The zero-order valence-electron chi connectivity index (χ0n) is 30.9. The van der Waals surface area contributed by atoms with Crippen LogP contribution in [0, 0.1) is 0 Å². The highest BCUT2D eigenvalue weighted by Gasteiger charge is 2.35. The monoisotopic (exact) mass is 734 g/mol. The van der Waals surface area contributed by atoms with E-state index in [4.69, 9.17) is 15.0 Å². The Morgan fingerprint density at radius 2 is 1.14 bits per heavy atom. The summed E-state index contributed by atoms with van der Waals surface area (Å²) < 4.78 is 2.55. The van der Waals surface area contributed by atoms with Crippen molar-refractivity contribution in [1.29, 1.82) is 0 Å². The number of hydrogen-bond donors (Lipinski definition) is 0. The summed E-state index contributed by atoms with van der Waals surface area (Å²) >= 11 is 1.83. The molecule has 4 heterocycles. The summed E-state index contributed by atoms with van der Waals surface area (Å²) in [6, 6.07) is 56.2. The van der Waals surface area contributed by atoms with E-state index in [2.05, 4.69) is 152 Å². The quantitative estimate of drug-likeness (QED) is 0.177. The molecule has 0 spiro atoms. The van der Waals surface area contributed by atoms with E-state index in [1.165, 1.54) is 48.0 Å². The van der Waals surface area contributed by atoms with Gasteiger partial charge in [0.1, 0.15) is 0 Å². The maximum absolute atomic E-state index is 5.18. The Kier molecular flexibility index (Phi) is 7.35. The van der Waals surface area contributed by atoms with Gasteiger partial charge in [-0.2, -0.15) is 0 Å².